The van der Waals surface area contributed by atoms with Crippen molar-refractivity contribution < 1.29 is 4.42 Å². The highest BCUT2D eigenvalue weighted by molar-refractivity contribution is 5.82. The molecule has 0 radical (unpaired) electrons. The zero-order valence-corrected chi connectivity index (χ0v) is 15.6. The minimum atomic E-state index is 0.341. The third kappa shape index (κ3) is 2.74. The Morgan fingerprint density at radius 2 is 2.15 bits per heavy atom. The number of H-pyrrole nitrogens is 1. The molecular weight excluding hydrogens is 340 g/mol. The van der Waals surface area contributed by atoms with Gasteiger partial charge in [0.25, 0.3) is 5.71 Å². The Balaban J connectivity index is 1.49. The number of hydrogen-bond donors (Lipinski definition) is 1. The van der Waals surface area contributed by atoms with Crippen LogP contribution in [0.25, 0.3) is 22.3 Å². The van der Waals surface area contributed by atoms with Gasteiger partial charge in [-0.1, -0.05) is 19.1 Å². The molecule has 1 aliphatic heterocycles. The number of aromatic amines is 1. The first-order valence-electron chi connectivity index (χ1n) is 9.53. The van der Waals surface area contributed by atoms with Crippen molar-refractivity contribution >= 4 is 28.1 Å². The first-order valence-corrected chi connectivity index (χ1v) is 9.53. The fraction of sp³-hybridized carbons (Fsp3) is 0.400. The number of oxazole rings is 1. The topological polar surface area (TPSA) is 83.7 Å². The summed E-state index contributed by atoms with van der Waals surface area (Å²) < 4.78 is 5.71. The van der Waals surface area contributed by atoms with Gasteiger partial charge in [-0.25, -0.2) is 15.0 Å². The van der Waals surface area contributed by atoms with Crippen LogP contribution in [0.5, 0.6) is 0 Å². The number of para-hydroxylation sites is 1. The lowest BCUT2D eigenvalue weighted by Gasteiger charge is -2.32. The second kappa shape index (κ2) is 6.33. The molecule has 0 aliphatic carbocycles. The van der Waals surface area contributed by atoms with Gasteiger partial charge in [-0.05, 0) is 31.4 Å². The average Bonchev–Trinajstić information content (AvgIpc) is 3.32. The maximum absolute atomic E-state index is 5.71. The summed E-state index contributed by atoms with van der Waals surface area (Å²) in [6, 6.07) is 6.27. The van der Waals surface area contributed by atoms with Gasteiger partial charge in [0.15, 0.2) is 17.2 Å². The summed E-state index contributed by atoms with van der Waals surface area (Å²) in [7, 11) is 0. The van der Waals surface area contributed by atoms with E-state index in [1.807, 2.05) is 6.92 Å². The van der Waals surface area contributed by atoms with E-state index in [9.17, 15) is 0 Å². The van der Waals surface area contributed by atoms with Gasteiger partial charge in [0.2, 0.25) is 0 Å². The minimum Gasteiger partial charge on any atom is -0.422 e. The number of anilines is 1. The lowest BCUT2D eigenvalue weighted by Crippen LogP contribution is -2.35. The first-order chi connectivity index (χ1) is 13.2. The normalized spacial score (nSPS) is 17.9. The smallest absolute Gasteiger partial charge is 0.252 e. The Hall–Kier alpha value is -2.96. The van der Waals surface area contributed by atoms with E-state index in [0.717, 1.165) is 60.5 Å². The molecule has 0 saturated carbocycles. The molecule has 0 spiro atoms. The van der Waals surface area contributed by atoms with Crippen LogP contribution in [-0.2, 0) is 6.42 Å². The molecule has 4 heterocycles. The zero-order chi connectivity index (χ0) is 18.4. The maximum atomic E-state index is 5.71. The third-order valence-electron chi connectivity index (χ3n) is 5.36. The van der Waals surface area contributed by atoms with E-state index in [2.05, 4.69) is 50.0 Å². The SMILES string of the molecule is CCc1nc2c(N3CCC[C@H](c4nc5c(C)cccc5[nH]4)C3)ncnc2o1. The van der Waals surface area contributed by atoms with Crippen molar-refractivity contribution in [3.63, 3.8) is 0 Å². The molecule has 7 heteroatoms. The molecule has 0 bridgehead atoms. The molecule has 4 aromatic rings. The van der Waals surface area contributed by atoms with Crippen molar-refractivity contribution in [2.75, 3.05) is 18.0 Å². The number of aryl methyl sites for hydroxylation is 2. The van der Waals surface area contributed by atoms with Crippen LogP contribution in [-0.4, -0.2) is 38.0 Å². The molecular formula is C20H22N6O. The molecule has 138 valence electrons. The maximum Gasteiger partial charge on any atom is 0.252 e. The number of aromatic nitrogens is 5. The molecule has 1 aliphatic rings. The lowest BCUT2D eigenvalue weighted by molar-refractivity contribution is 0.493. The number of hydrogen-bond acceptors (Lipinski definition) is 6. The van der Waals surface area contributed by atoms with Crippen molar-refractivity contribution in [3.05, 3.63) is 41.8 Å². The van der Waals surface area contributed by atoms with Gasteiger partial charge >= 0.3 is 0 Å². The van der Waals surface area contributed by atoms with E-state index in [0.29, 0.717) is 17.5 Å². The van der Waals surface area contributed by atoms with Gasteiger partial charge in [0.1, 0.15) is 12.2 Å². The highest BCUT2D eigenvalue weighted by atomic mass is 16.4. The lowest BCUT2D eigenvalue weighted by atomic mass is 9.97. The highest BCUT2D eigenvalue weighted by Gasteiger charge is 2.27. The van der Waals surface area contributed by atoms with E-state index in [1.165, 1.54) is 5.56 Å². The van der Waals surface area contributed by atoms with E-state index in [-0.39, 0.29) is 0 Å². The molecule has 27 heavy (non-hydrogen) atoms. The Bertz CT molecular complexity index is 1110. The molecule has 1 aromatic carbocycles. The summed E-state index contributed by atoms with van der Waals surface area (Å²) in [5.74, 6) is 2.96. The molecule has 0 unspecified atom stereocenters. The van der Waals surface area contributed by atoms with Crippen LogP contribution in [0.1, 0.15) is 43.0 Å². The molecule has 3 aromatic heterocycles. The number of fused-ring (bicyclic) bond motifs is 2. The summed E-state index contributed by atoms with van der Waals surface area (Å²) in [6.45, 7) is 5.95. The summed E-state index contributed by atoms with van der Waals surface area (Å²) in [5.41, 5.74) is 4.71. The second-order valence-corrected chi connectivity index (χ2v) is 7.19. The van der Waals surface area contributed by atoms with Gasteiger partial charge in [-0.15, -0.1) is 0 Å². The van der Waals surface area contributed by atoms with Crippen LogP contribution in [0.4, 0.5) is 5.82 Å². The van der Waals surface area contributed by atoms with Crippen molar-refractivity contribution in [2.45, 2.75) is 39.0 Å². The number of nitrogens with zero attached hydrogens (tertiary/aromatic N) is 5. The molecule has 0 amide bonds. The van der Waals surface area contributed by atoms with Crippen molar-refractivity contribution in [1.82, 2.24) is 24.9 Å². The predicted octanol–water partition coefficient (Wildman–Crippen LogP) is 3.75. The van der Waals surface area contributed by atoms with Crippen LogP contribution in [0.2, 0.25) is 0 Å². The fourth-order valence-corrected chi connectivity index (χ4v) is 3.95. The van der Waals surface area contributed by atoms with E-state index >= 15 is 0 Å². The number of benzene rings is 1. The zero-order valence-electron chi connectivity index (χ0n) is 15.6. The molecule has 1 fully saturated rings. The van der Waals surface area contributed by atoms with E-state index < -0.39 is 0 Å². The standard InChI is InChI=1S/C20H22N6O/c1-3-15-24-17-19(21-11-22-20(17)27-15)26-9-5-7-13(10-26)18-23-14-8-4-6-12(2)16(14)25-18/h4,6,8,11,13H,3,5,7,9-10H2,1-2H3,(H,23,25)/t13-/m0/s1. The van der Waals surface area contributed by atoms with Gasteiger partial charge in [-0.3, -0.25) is 0 Å². The quantitative estimate of drug-likeness (QED) is 0.597. The largest absolute Gasteiger partial charge is 0.422 e. The van der Waals surface area contributed by atoms with Crippen LogP contribution in [0.15, 0.2) is 28.9 Å². The average molecular weight is 362 g/mol. The Labute approximate surface area is 156 Å². The summed E-state index contributed by atoms with van der Waals surface area (Å²) in [6.07, 6.45) is 4.51. The summed E-state index contributed by atoms with van der Waals surface area (Å²) in [4.78, 5) is 24.1. The molecule has 7 nitrogen and oxygen atoms in total. The molecule has 1 saturated heterocycles. The number of piperidine rings is 1. The minimum absolute atomic E-state index is 0.341. The Morgan fingerprint density at radius 1 is 1.22 bits per heavy atom. The van der Waals surface area contributed by atoms with Crippen LogP contribution < -0.4 is 4.90 Å². The third-order valence-corrected chi connectivity index (χ3v) is 5.36. The fourth-order valence-electron chi connectivity index (χ4n) is 3.95. The van der Waals surface area contributed by atoms with Crippen LogP contribution in [0, 0.1) is 6.92 Å². The Morgan fingerprint density at radius 3 is 3.00 bits per heavy atom. The summed E-state index contributed by atoms with van der Waals surface area (Å²) >= 11 is 0. The number of imidazole rings is 1. The van der Waals surface area contributed by atoms with Gasteiger partial charge in [-0.2, -0.15) is 4.98 Å². The molecule has 1 atom stereocenters. The second-order valence-electron chi connectivity index (χ2n) is 7.19. The first kappa shape index (κ1) is 16.2. The number of rotatable bonds is 3. The molecule has 1 N–H and O–H groups in total. The van der Waals surface area contributed by atoms with E-state index in [4.69, 9.17) is 9.40 Å². The van der Waals surface area contributed by atoms with Gasteiger partial charge in [0, 0.05) is 25.4 Å². The highest BCUT2D eigenvalue weighted by Crippen LogP contribution is 2.32. The predicted molar refractivity (Wildman–Crippen MR) is 104 cm³/mol. The Kier molecular flexibility index (Phi) is 3.81. The van der Waals surface area contributed by atoms with Crippen LogP contribution in [0.3, 0.4) is 0 Å². The van der Waals surface area contributed by atoms with Crippen molar-refractivity contribution in [3.8, 4) is 0 Å². The van der Waals surface area contributed by atoms with Crippen molar-refractivity contribution in [1.29, 1.82) is 0 Å². The number of nitrogens with one attached hydrogen (secondary N) is 1. The van der Waals surface area contributed by atoms with Gasteiger partial charge < -0.3 is 14.3 Å². The monoisotopic (exact) mass is 362 g/mol. The van der Waals surface area contributed by atoms with E-state index in [1.54, 1.807) is 6.33 Å². The van der Waals surface area contributed by atoms with Crippen molar-refractivity contribution in [2.24, 2.45) is 0 Å². The molecule has 5 rings (SSSR count). The van der Waals surface area contributed by atoms with Gasteiger partial charge in [0.05, 0.1) is 11.0 Å². The van der Waals surface area contributed by atoms with Crippen LogP contribution >= 0.6 is 0 Å². The summed E-state index contributed by atoms with van der Waals surface area (Å²) in [5, 5.41) is 0.